The second-order valence-corrected chi connectivity index (χ2v) is 7.03. The van der Waals surface area contributed by atoms with Crippen LogP contribution in [0, 0.1) is 0 Å². The Morgan fingerprint density at radius 1 is 1.40 bits per heavy atom. The molecule has 1 aromatic carbocycles. The van der Waals surface area contributed by atoms with Gasteiger partial charge < -0.3 is 5.11 Å². The van der Waals surface area contributed by atoms with Crippen LogP contribution in [-0.4, -0.2) is 25.5 Å². The number of halogens is 1. The van der Waals surface area contributed by atoms with Gasteiger partial charge in [0.1, 0.15) is 0 Å². The molecule has 0 amide bonds. The maximum absolute atomic E-state index is 12.2. The van der Waals surface area contributed by atoms with Crippen molar-refractivity contribution in [3.8, 4) is 0 Å². The van der Waals surface area contributed by atoms with Crippen molar-refractivity contribution >= 4 is 31.9 Å². The van der Waals surface area contributed by atoms with Gasteiger partial charge in [-0.25, -0.2) is 17.9 Å². The van der Waals surface area contributed by atoms with Gasteiger partial charge in [-0.05, 0) is 47.0 Å². The molecule has 7 heteroatoms. The molecule has 0 saturated heterocycles. The zero-order valence-electron chi connectivity index (χ0n) is 11.4. The zero-order chi connectivity index (χ0) is 15.3. The first-order valence-electron chi connectivity index (χ1n) is 6.37. The number of sulfonamides is 1. The quantitative estimate of drug-likeness (QED) is 0.779. The third-order valence-corrected chi connectivity index (χ3v) is 5.14. The van der Waals surface area contributed by atoms with Gasteiger partial charge in [0.25, 0.3) is 0 Å². The fraction of sp³-hybridized carbons (Fsp3) is 0.462. The topological polar surface area (TPSA) is 83.5 Å². The fourth-order valence-electron chi connectivity index (χ4n) is 1.82. The largest absolute Gasteiger partial charge is 0.478 e. The molecule has 0 heterocycles. The summed E-state index contributed by atoms with van der Waals surface area (Å²) in [5.74, 6) is -1.17. The van der Waals surface area contributed by atoms with Gasteiger partial charge in [0.15, 0.2) is 0 Å². The smallest absolute Gasteiger partial charge is 0.336 e. The Balaban J connectivity index is 3.09. The number of carboxylic acid groups (broad SMARTS) is 1. The van der Waals surface area contributed by atoms with Crippen LogP contribution in [0.1, 0.15) is 43.5 Å². The van der Waals surface area contributed by atoms with Crippen LogP contribution >= 0.6 is 15.9 Å². The molecule has 0 aromatic heterocycles. The highest BCUT2D eigenvalue weighted by Crippen LogP contribution is 2.21. The summed E-state index contributed by atoms with van der Waals surface area (Å²) in [6.07, 6.45) is 2.31. The lowest BCUT2D eigenvalue weighted by Gasteiger charge is -2.16. The minimum absolute atomic E-state index is 0.0346. The van der Waals surface area contributed by atoms with Crippen LogP contribution in [0.5, 0.6) is 0 Å². The summed E-state index contributed by atoms with van der Waals surface area (Å²) in [5, 5.41) is 9.02. The first kappa shape index (κ1) is 17.1. The van der Waals surface area contributed by atoms with Gasteiger partial charge in [-0.1, -0.05) is 20.3 Å². The minimum atomic E-state index is -3.70. The monoisotopic (exact) mass is 363 g/mol. The molecular formula is C13H18BrNO4S. The van der Waals surface area contributed by atoms with Crippen molar-refractivity contribution < 1.29 is 18.3 Å². The summed E-state index contributed by atoms with van der Waals surface area (Å²) in [6, 6.07) is 3.84. The molecule has 0 aliphatic rings. The Morgan fingerprint density at radius 2 is 2.05 bits per heavy atom. The van der Waals surface area contributed by atoms with Gasteiger partial charge in [0.2, 0.25) is 10.0 Å². The van der Waals surface area contributed by atoms with Gasteiger partial charge in [0.05, 0.1) is 10.5 Å². The number of aromatic carboxylic acids is 1. The van der Waals surface area contributed by atoms with Gasteiger partial charge in [-0.2, -0.15) is 0 Å². The van der Waals surface area contributed by atoms with E-state index >= 15 is 0 Å². The molecule has 0 spiro atoms. The zero-order valence-corrected chi connectivity index (χ0v) is 13.8. The number of hydrogen-bond donors (Lipinski definition) is 2. The highest BCUT2D eigenvalue weighted by atomic mass is 79.9. The Bertz CT molecular complexity index is 586. The number of benzene rings is 1. The van der Waals surface area contributed by atoms with Crippen molar-refractivity contribution in [1.82, 2.24) is 4.72 Å². The maximum atomic E-state index is 12.2. The molecule has 2 N–H and O–H groups in total. The van der Waals surface area contributed by atoms with E-state index in [0.717, 1.165) is 18.9 Å². The van der Waals surface area contributed by atoms with E-state index < -0.39 is 16.0 Å². The van der Waals surface area contributed by atoms with E-state index in [-0.39, 0.29) is 16.5 Å². The second-order valence-electron chi connectivity index (χ2n) is 4.46. The standard InChI is InChI=1S/C13H18BrNO4S/c1-3-5-9(4-2)15-20(18,19)10-6-7-12(14)11(8-10)13(16)17/h6-9,15H,3-5H2,1-2H3,(H,16,17). The summed E-state index contributed by atoms with van der Waals surface area (Å²) in [6.45, 7) is 3.90. The molecule has 5 nitrogen and oxygen atoms in total. The number of rotatable bonds is 7. The lowest BCUT2D eigenvalue weighted by atomic mass is 10.1. The van der Waals surface area contributed by atoms with Gasteiger partial charge >= 0.3 is 5.97 Å². The van der Waals surface area contributed by atoms with Gasteiger partial charge in [-0.15, -0.1) is 0 Å². The molecule has 112 valence electrons. The molecule has 1 aromatic rings. The Hall–Kier alpha value is -0.920. The Labute approximate surface area is 127 Å². The van der Waals surface area contributed by atoms with E-state index in [1.807, 2.05) is 13.8 Å². The lowest BCUT2D eigenvalue weighted by Crippen LogP contribution is -2.34. The summed E-state index contributed by atoms with van der Waals surface area (Å²) < 4.78 is 27.4. The van der Waals surface area contributed by atoms with Crippen LogP contribution in [0.2, 0.25) is 0 Å². The molecule has 0 aliphatic carbocycles. The predicted molar refractivity (Wildman–Crippen MR) is 80.4 cm³/mol. The normalized spacial score (nSPS) is 13.2. The molecule has 0 fully saturated rings. The number of nitrogens with one attached hydrogen (secondary N) is 1. The molecule has 20 heavy (non-hydrogen) atoms. The third-order valence-electron chi connectivity index (χ3n) is 2.93. The van der Waals surface area contributed by atoms with Gasteiger partial charge in [0, 0.05) is 10.5 Å². The number of carboxylic acids is 1. The van der Waals surface area contributed by atoms with Crippen LogP contribution in [-0.2, 0) is 10.0 Å². The van der Waals surface area contributed by atoms with Crippen LogP contribution in [0.3, 0.4) is 0 Å². The van der Waals surface area contributed by atoms with E-state index in [2.05, 4.69) is 20.7 Å². The van der Waals surface area contributed by atoms with Gasteiger partial charge in [-0.3, -0.25) is 0 Å². The first-order valence-corrected chi connectivity index (χ1v) is 8.64. The molecular weight excluding hydrogens is 346 g/mol. The van der Waals surface area contributed by atoms with Crippen molar-refractivity contribution in [1.29, 1.82) is 0 Å². The molecule has 0 bridgehead atoms. The highest BCUT2D eigenvalue weighted by Gasteiger charge is 2.21. The SMILES string of the molecule is CCCC(CC)NS(=O)(=O)c1ccc(Br)c(C(=O)O)c1. The molecule has 0 saturated carbocycles. The van der Waals surface area contributed by atoms with E-state index in [9.17, 15) is 13.2 Å². The van der Waals surface area contributed by atoms with E-state index in [1.54, 1.807) is 0 Å². The molecule has 0 radical (unpaired) electrons. The average Bonchev–Trinajstić information content (AvgIpc) is 2.37. The molecule has 0 aliphatic heterocycles. The van der Waals surface area contributed by atoms with Crippen molar-refractivity contribution in [3.63, 3.8) is 0 Å². The van der Waals surface area contributed by atoms with Crippen molar-refractivity contribution in [2.75, 3.05) is 0 Å². The predicted octanol–water partition coefficient (Wildman–Crippen LogP) is 3.00. The van der Waals surface area contributed by atoms with E-state index in [1.165, 1.54) is 12.1 Å². The molecule has 1 rings (SSSR count). The van der Waals surface area contributed by atoms with Crippen LogP contribution in [0.4, 0.5) is 0 Å². The number of hydrogen-bond acceptors (Lipinski definition) is 3. The van der Waals surface area contributed by atoms with Crippen LogP contribution in [0.15, 0.2) is 27.6 Å². The average molecular weight is 364 g/mol. The highest BCUT2D eigenvalue weighted by molar-refractivity contribution is 9.10. The maximum Gasteiger partial charge on any atom is 0.336 e. The van der Waals surface area contributed by atoms with Crippen LogP contribution in [0.25, 0.3) is 0 Å². The molecule has 1 unspecified atom stereocenters. The van der Waals surface area contributed by atoms with Crippen molar-refractivity contribution in [2.45, 2.75) is 44.0 Å². The lowest BCUT2D eigenvalue weighted by molar-refractivity contribution is 0.0695. The number of carbonyl (C=O) groups is 1. The van der Waals surface area contributed by atoms with E-state index in [0.29, 0.717) is 10.9 Å². The summed E-state index contributed by atoms with van der Waals surface area (Å²) in [7, 11) is -3.70. The summed E-state index contributed by atoms with van der Waals surface area (Å²) in [4.78, 5) is 11.0. The van der Waals surface area contributed by atoms with Crippen molar-refractivity contribution in [2.24, 2.45) is 0 Å². The Kier molecular flexibility index (Phi) is 6.16. The summed E-state index contributed by atoms with van der Waals surface area (Å²) >= 11 is 3.09. The first-order chi connectivity index (χ1) is 9.31. The second kappa shape index (κ2) is 7.19. The Morgan fingerprint density at radius 3 is 2.55 bits per heavy atom. The molecule has 1 atom stereocenters. The van der Waals surface area contributed by atoms with Crippen molar-refractivity contribution in [3.05, 3.63) is 28.2 Å². The fourth-order valence-corrected chi connectivity index (χ4v) is 3.61. The van der Waals surface area contributed by atoms with E-state index in [4.69, 9.17) is 5.11 Å². The minimum Gasteiger partial charge on any atom is -0.478 e. The summed E-state index contributed by atoms with van der Waals surface area (Å²) in [5.41, 5.74) is -0.0728. The van der Waals surface area contributed by atoms with Crippen LogP contribution < -0.4 is 4.72 Å². The third kappa shape index (κ3) is 4.29.